The molecule has 3 aromatic rings. The number of aromatic nitrogens is 2. The van der Waals surface area contributed by atoms with Gasteiger partial charge in [0, 0.05) is 24.7 Å². The third kappa shape index (κ3) is 5.65. The Balaban J connectivity index is 0.00000256. The number of aliphatic imine (C=N–C) groups is 1. The molecule has 1 aromatic heterocycles. The van der Waals surface area contributed by atoms with Gasteiger partial charge in [0.15, 0.2) is 17.5 Å². The molecule has 0 spiro atoms. The van der Waals surface area contributed by atoms with E-state index in [0.29, 0.717) is 25.7 Å². The number of aromatic amines is 1. The zero-order chi connectivity index (χ0) is 19.9. The summed E-state index contributed by atoms with van der Waals surface area (Å²) in [6, 6.07) is 15.9. The monoisotopic (exact) mass is 519 g/mol. The molecule has 2 heterocycles. The van der Waals surface area contributed by atoms with Crippen LogP contribution in [0.1, 0.15) is 19.2 Å². The maximum Gasteiger partial charge on any atom is 0.196 e. The fourth-order valence-corrected chi connectivity index (χ4v) is 3.05. The van der Waals surface area contributed by atoms with Crippen molar-refractivity contribution in [2.24, 2.45) is 4.99 Å². The van der Waals surface area contributed by atoms with Crippen LogP contribution >= 0.6 is 24.0 Å². The van der Waals surface area contributed by atoms with E-state index < -0.39 is 0 Å². The van der Waals surface area contributed by atoms with Gasteiger partial charge >= 0.3 is 0 Å². The minimum absolute atomic E-state index is 0. The zero-order valence-corrected chi connectivity index (χ0v) is 19.2. The summed E-state index contributed by atoms with van der Waals surface area (Å²) in [6.45, 7) is 4.56. The molecule has 1 aliphatic rings. The number of anilines is 1. The molecule has 0 atom stereocenters. The summed E-state index contributed by atoms with van der Waals surface area (Å²) in [6.07, 6.45) is 2.72. The highest BCUT2D eigenvalue weighted by atomic mass is 127. The van der Waals surface area contributed by atoms with Crippen LogP contribution in [0.5, 0.6) is 11.5 Å². The number of nitrogens with zero attached hydrogens (tertiary/aromatic N) is 2. The molecular weight excluding hydrogens is 493 g/mol. The minimum Gasteiger partial charge on any atom is -0.490 e. The smallest absolute Gasteiger partial charge is 0.196 e. The maximum absolute atomic E-state index is 5.76. The lowest BCUT2D eigenvalue weighted by Crippen LogP contribution is -2.30. The third-order valence-electron chi connectivity index (χ3n) is 4.45. The molecule has 0 amide bonds. The Labute approximate surface area is 193 Å². The summed E-state index contributed by atoms with van der Waals surface area (Å²) in [7, 11) is 0. The van der Waals surface area contributed by atoms with Crippen molar-refractivity contribution in [1.82, 2.24) is 15.3 Å². The zero-order valence-electron chi connectivity index (χ0n) is 16.9. The van der Waals surface area contributed by atoms with E-state index in [2.05, 4.69) is 37.7 Å². The van der Waals surface area contributed by atoms with Gasteiger partial charge in [-0.25, -0.2) is 9.98 Å². The highest BCUT2D eigenvalue weighted by molar-refractivity contribution is 14.0. The van der Waals surface area contributed by atoms with Gasteiger partial charge in [0.2, 0.25) is 0 Å². The van der Waals surface area contributed by atoms with Crippen LogP contribution in [0.25, 0.3) is 11.3 Å². The Morgan fingerprint density at radius 2 is 1.90 bits per heavy atom. The number of rotatable bonds is 5. The molecule has 158 valence electrons. The molecule has 7 nitrogen and oxygen atoms in total. The molecule has 2 aromatic carbocycles. The highest BCUT2D eigenvalue weighted by Crippen LogP contribution is 2.32. The molecule has 0 bridgehead atoms. The molecule has 8 heteroatoms. The number of hydrogen-bond acceptors (Lipinski definition) is 4. The Hall–Kier alpha value is -2.75. The Morgan fingerprint density at radius 3 is 2.70 bits per heavy atom. The summed E-state index contributed by atoms with van der Waals surface area (Å²) >= 11 is 0. The van der Waals surface area contributed by atoms with E-state index in [9.17, 15) is 0 Å². The topological polar surface area (TPSA) is 83.6 Å². The van der Waals surface area contributed by atoms with Gasteiger partial charge in [-0.05, 0) is 24.6 Å². The van der Waals surface area contributed by atoms with Crippen LogP contribution in [0.2, 0.25) is 0 Å². The van der Waals surface area contributed by atoms with Crippen molar-refractivity contribution in [3.05, 3.63) is 60.6 Å². The first-order chi connectivity index (χ1) is 14.3. The first-order valence-corrected chi connectivity index (χ1v) is 9.86. The second-order valence-electron chi connectivity index (χ2n) is 6.64. The number of imidazole rings is 1. The fraction of sp³-hybridized carbons (Fsp3) is 0.273. The van der Waals surface area contributed by atoms with Gasteiger partial charge in [-0.1, -0.05) is 30.3 Å². The second kappa shape index (κ2) is 10.9. The van der Waals surface area contributed by atoms with Crippen LogP contribution in [-0.2, 0) is 6.54 Å². The van der Waals surface area contributed by atoms with E-state index in [1.807, 2.05) is 49.5 Å². The molecule has 0 fully saturated rings. The lowest BCUT2D eigenvalue weighted by molar-refractivity contribution is 0.297. The molecule has 0 radical (unpaired) electrons. The summed E-state index contributed by atoms with van der Waals surface area (Å²) in [5.41, 5.74) is 2.97. The van der Waals surface area contributed by atoms with Crippen molar-refractivity contribution >= 4 is 35.6 Å². The number of hydrogen-bond donors (Lipinski definition) is 3. The lowest BCUT2D eigenvalue weighted by Gasteiger charge is -2.13. The van der Waals surface area contributed by atoms with E-state index in [1.54, 1.807) is 0 Å². The molecule has 0 saturated carbocycles. The van der Waals surface area contributed by atoms with Gasteiger partial charge in [0.05, 0.1) is 25.1 Å². The van der Waals surface area contributed by atoms with E-state index >= 15 is 0 Å². The average Bonchev–Trinajstić information content (AvgIpc) is 3.11. The molecular formula is C22H26IN5O2. The van der Waals surface area contributed by atoms with Crippen LogP contribution in [0.15, 0.2) is 59.7 Å². The highest BCUT2D eigenvalue weighted by Gasteiger charge is 2.11. The predicted molar refractivity (Wildman–Crippen MR) is 130 cm³/mol. The van der Waals surface area contributed by atoms with Gasteiger partial charge in [-0.3, -0.25) is 0 Å². The Morgan fingerprint density at radius 1 is 1.10 bits per heavy atom. The maximum atomic E-state index is 5.76. The van der Waals surface area contributed by atoms with Crippen LogP contribution < -0.4 is 20.1 Å². The number of ether oxygens (including phenoxy) is 2. The van der Waals surface area contributed by atoms with E-state index in [1.165, 1.54) is 0 Å². The van der Waals surface area contributed by atoms with Crippen molar-refractivity contribution in [1.29, 1.82) is 0 Å². The quantitative estimate of drug-likeness (QED) is 0.264. The van der Waals surface area contributed by atoms with E-state index in [4.69, 9.17) is 9.47 Å². The Bertz CT molecular complexity index is 975. The van der Waals surface area contributed by atoms with Crippen molar-refractivity contribution < 1.29 is 9.47 Å². The van der Waals surface area contributed by atoms with Gasteiger partial charge in [-0.2, -0.15) is 0 Å². The number of benzene rings is 2. The van der Waals surface area contributed by atoms with Gasteiger partial charge in [-0.15, -0.1) is 24.0 Å². The minimum atomic E-state index is 0. The largest absolute Gasteiger partial charge is 0.490 e. The first kappa shape index (κ1) is 21.9. The van der Waals surface area contributed by atoms with Crippen molar-refractivity contribution in [3.8, 4) is 22.8 Å². The molecule has 0 aliphatic carbocycles. The van der Waals surface area contributed by atoms with Crippen molar-refractivity contribution in [2.75, 3.05) is 25.1 Å². The number of guanidine groups is 1. The number of halogens is 1. The molecule has 0 saturated heterocycles. The lowest BCUT2D eigenvalue weighted by atomic mass is 10.2. The van der Waals surface area contributed by atoms with Crippen molar-refractivity contribution in [3.63, 3.8) is 0 Å². The molecule has 0 unspecified atom stereocenters. The van der Waals surface area contributed by atoms with Gasteiger partial charge in [0.1, 0.15) is 12.4 Å². The summed E-state index contributed by atoms with van der Waals surface area (Å²) < 4.78 is 11.5. The summed E-state index contributed by atoms with van der Waals surface area (Å²) in [4.78, 5) is 12.4. The van der Waals surface area contributed by atoms with Gasteiger partial charge in [0.25, 0.3) is 0 Å². The van der Waals surface area contributed by atoms with Crippen LogP contribution in [0.3, 0.4) is 0 Å². The fourth-order valence-electron chi connectivity index (χ4n) is 3.05. The molecule has 3 N–H and O–H groups in total. The Kier molecular flexibility index (Phi) is 7.95. The third-order valence-corrected chi connectivity index (χ3v) is 4.45. The number of nitrogens with one attached hydrogen (secondary N) is 3. The average molecular weight is 519 g/mol. The summed E-state index contributed by atoms with van der Waals surface area (Å²) in [5.74, 6) is 3.01. The van der Waals surface area contributed by atoms with Gasteiger partial charge < -0.3 is 25.1 Å². The normalized spacial score (nSPS) is 13.2. The first-order valence-electron chi connectivity index (χ1n) is 9.86. The number of H-pyrrole nitrogens is 1. The second-order valence-corrected chi connectivity index (χ2v) is 6.64. The van der Waals surface area contributed by atoms with E-state index in [0.717, 1.165) is 47.2 Å². The van der Waals surface area contributed by atoms with E-state index in [-0.39, 0.29) is 24.0 Å². The number of fused-ring (bicyclic) bond motifs is 1. The standard InChI is InChI=1S/C22H25N5O2.HI/c1-2-23-22(26-17-9-10-19-20(13-17)29-12-6-11-28-19)25-15-21-24-14-18(27-21)16-7-4-3-5-8-16;/h3-5,7-10,13-14H,2,6,11-12,15H2,1H3,(H,24,27)(H2,23,25,26);1H. The molecule has 4 rings (SSSR count). The summed E-state index contributed by atoms with van der Waals surface area (Å²) in [5, 5.41) is 6.58. The van der Waals surface area contributed by atoms with Crippen LogP contribution in [0, 0.1) is 0 Å². The molecule has 1 aliphatic heterocycles. The van der Waals surface area contributed by atoms with Crippen LogP contribution in [-0.4, -0.2) is 35.7 Å². The van der Waals surface area contributed by atoms with Crippen LogP contribution in [0.4, 0.5) is 5.69 Å². The van der Waals surface area contributed by atoms with Crippen molar-refractivity contribution in [2.45, 2.75) is 19.9 Å². The predicted octanol–water partition coefficient (Wildman–Crippen LogP) is 4.43. The molecule has 30 heavy (non-hydrogen) atoms. The SMILES string of the molecule is CCNC(=NCc1ncc(-c2ccccc2)[nH]1)Nc1ccc2c(c1)OCCCO2.I.